The number of benzene rings is 9. The van der Waals surface area contributed by atoms with Crippen molar-refractivity contribution in [1.29, 1.82) is 0 Å². The first kappa shape index (κ1) is 31.6. The molecule has 2 heteroatoms. The van der Waals surface area contributed by atoms with E-state index in [1.165, 1.54) is 88.1 Å². The monoisotopic (exact) mass is 702 g/mol. The molecule has 0 amide bonds. The number of para-hydroxylation sites is 3. The molecule has 0 saturated heterocycles. The van der Waals surface area contributed by atoms with E-state index in [2.05, 4.69) is 217 Å². The van der Waals surface area contributed by atoms with Gasteiger partial charge in [0.1, 0.15) is 0 Å². The molecule has 0 spiro atoms. The number of nitrogens with zero attached hydrogens (tertiary/aromatic N) is 2. The third-order valence-corrected chi connectivity index (χ3v) is 11.9. The third-order valence-electron chi connectivity index (χ3n) is 11.9. The molecule has 0 aliphatic heterocycles. The fourth-order valence-corrected chi connectivity index (χ4v) is 9.44. The second-order valence-corrected chi connectivity index (χ2v) is 15.3. The Labute approximate surface area is 321 Å². The molecule has 1 heterocycles. The summed E-state index contributed by atoms with van der Waals surface area (Å²) < 4.78 is 2.43. The third kappa shape index (κ3) is 4.68. The standard InChI is InChI=1S/C53H38N2/c1-53(2)47-33-37(29-31-39(47)40-32-30-38(34-48(40)53)55-49-27-15-13-21-41(49)42-22-14-16-28-50(42)55)54(36-19-7-4-8-20-36)52-45-25-11-9-23-43(45)51(35-17-5-3-6-18-35)44-24-10-12-26-46(44)52/h3-34H,1-2H3. The number of hydrogen-bond donors (Lipinski definition) is 0. The van der Waals surface area contributed by atoms with Crippen LogP contribution in [-0.4, -0.2) is 4.57 Å². The van der Waals surface area contributed by atoms with Crippen molar-refractivity contribution in [2.24, 2.45) is 0 Å². The summed E-state index contributed by atoms with van der Waals surface area (Å²) in [6.45, 7) is 4.78. The van der Waals surface area contributed by atoms with Gasteiger partial charge in [-0.1, -0.05) is 159 Å². The zero-order chi connectivity index (χ0) is 36.7. The first-order chi connectivity index (χ1) is 27.1. The Morgan fingerprint density at radius 3 is 1.47 bits per heavy atom. The number of fused-ring (bicyclic) bond motifs is 8. The minimum atomic E-state index is -0.223. The average Bonchev–Trinajstić information content (AvgIpc) is 3.69. The summed E-state index contributed by atoms with van der Waals surface area (Å²) >= 11 is 0. The number of rotatable bonds is 5. The van der Waals surface area contributed by atoms with Crippen LogP contribution in [0.5, 0.6) is 0 Å². The predicted molar refractivity (Wildman–Crippen MR) is 233 cm³/mol. The van der Waals surface area contributed by atoms with Crippen molar-refractivity contribution in [3.05, 3.63) is 205 Å². The minimum Gasteiger partial charge on any atom is -0.309 e. The van der Waals surface area contributed by atoms with Crippen molar-refractivity contribution in [1.82, 2.24) is 4.57 Å². The van der Waals surface area contributed by atoms with Crippen LogP contribution in [0.4, 0.5) is 17.1 Å². The Balaban J connectivity index is 1.12. The highest BCUT2D eigenvalue weighted by atomic mass is 15.1. The molecule has 0 atom stereocenters. The van der Waals surface area contributed by atoms with Crippen LogP contribution >= 0.6 is 0 Å². The Hall–Kier alpha value is -6.90. The lowest BCUT2D eigenvalue weighted by atomic mass is 9.82. The van der Waals surface area contributed by atoms with Gasteiger partial charge in [-0.25, -0.2) is 0 Å². The molecular formula is C53H38N2. The SMILES string of the molecule is CC1(C)c2cc(N(c3ccccc3)c3c4ccccc4c(-c4ccccc4)c4ccccc34)ccc2-c2ccc(-n3c4ccccc4c4ccccc43)cc21. The largest absolute Gasteiger partial charge is 0.309 e. The van der Waals surface area contributed by atoms with Crippen molar-refractivity contribution in [3.8, 4) is 27.9 Å². The van der Waals surface area contributed by atoms with Crippen molar-refractivity contribution in [2.75, 3.05) is 4.90 Å². The van der Waals surface area contributed by atoms with E-state index in [0.29, 0.717) is 0 Å². The van der Waals surface area contributed by atoms with Gasteiger partial charge in [-0.2, -0.15) is 0 Å². The number of anilines is 3. The Kier molecular flexibility index (Phi) is 6.93. The molecule has 260 valence electrons. The molecular weight excluding hydrogens is 665 g/mol. The van der Waals surface area contributed by atoms with Gasteiger partial charge in [-0.3, -0.25) is 0 Å². The molecule has 9 aromatic carbocycles. The zero-order valence-corrected chi connectivity index (χ0v) is 30.9. The lowest BCUT2D eigenvalue weighted by Crippen LogP contribution is -2.17. The van der Waals surface area contributed by atoms with Crippen LogP contribution in [0.25, 0.3) is 71.3 Å². The van der Waals surface area contributed by atoms with Gasteiger partial charge in [0.25, 0.3) is 0 Å². The van der Waals surface area contributed by atoms with E-state index in [1.54, 1.807) is 0 Å². The van der Waals surface area contributed by atoms with Crippen LogP contribution in [0, 0.1) is 0 Å². The average molecular weight is 703 g/mol. The van der Waals surface area contributed by atoms with E-state index in [1.807, 2.05) is 0 Å². The molecule has 10 aromatic rings. The van der Waals surface area contributed by atoms with E-state index in [0.717, 1.165) is 11.4 Å². The Morgan fingerprint density at radius 2 is 0.873 bits per heavy atom. The molecule has 1 aliphatic carbocycles. The van der Waals surface area contributed by atoms with Crippen LogP contribution in [0.2, 0.25) is 0 Å². The Bertz CT molecular complexity index is 3010. The van der Waals surface area contributed by atoms with E-state index in [4.69, 9.17) is 0 Å². The maximum absolute atomic E-state index is 2.49. The summed E-state index contributed by atoms with van der Waals surface area (Å²) in [4.78, 5) is 2.49. The second kappa shape index (κ2) is 12.1. The second-order valence-electron chi connectivity index (χ2n) is 15.3. The summed E-state index contributed by atoms with van der Waals surface area (Å²) in [7, 11) is 0. The van der Waals surface area contributed by atoms with Crippen LogP contribution < -0.4 is 4.90 Å². The molecule has 0 saturated carbocycles. The van der Waals surface area contributed by atoms with Crippen molar-refractivity contribution in [2.45, 2.75) is 19.3 Å². The zero-order valence-electron chi connectivity index (χ0n) is 30.9. The van der Waals surface area contributed by atoms with Gasteiger partial charge >= 0.3 is 0 Å². The summed E-state index contributed by atoms with van der Waals surface area (Å²) in [5.41, 5.74) is 14.7. The molecule has 0 N–H and O–H groups in total. The maximum atomic E-state index is 2.49. The summed E-state index contributed by atoms with van der Waals surface area (Å²) in [5.74, 6) is 0. The van der Waals surface area contributed by atoms with E-state index >= 15 is 0 Å². The molecule has 2 nitrogen and oxygen atoms in total. The molecule has 0 bridgehead atoms. The van der Waals surface area contributed by atoms with Gasteiger partial charge in [0.15, 0.2) is 0 Å². The predicted octanol–water partition coefficient (Wildman–Crippen LogP) is 14.5. The highest BCUT2D eigenvalue weighted by molar-refractivity contribution is 6.22. The van der Waals surface area contributed by atoms with Gasteiger partial charge in [-0.15, -0.1) is 0 Å². The van der Waals surface area contributed by atoms with E-state index in [9.17, 15) is 0 Å². The van der Waals surface area contributed by atoms with Crippen LogP contribution in [0.15, 0.2) is 194 Å². The van der Waals surface area contributed by atoms with Crippen molar-refractivity contribution >= 4 is 60.4 Å². The molecule has 11 rings (SSSR count). The maximum Gasteiger partial charge on any atom is 0.0618 e. The van der Waals surface area contributed by atoms with Gasteiger partial charge < -0.3 is 9.47 Å². The molecule has 0 unspecified atom stereocenters. The van der Waals surface area contributed by atoms with E-state index in [-0.39, 0.29) is 5.41 Å². The van der Waals surface area contributed by atoms with E-state index < -0.39 is 0 Å². The first-order valence-electron chi connectivity index (χ1n) is 19.2. The summed E-state index contributed by atoms with van der Waals surface area (Å²) in [6, 6.07) is 71.3. The highest BCUT2D eigenvalue weighted by Gasteiger charge is 2.37. The lowest BCUT2D eigenvalue weighted by molar-refractivity contribution is 0.660. The first-order valence-corrected chi connectivity index (χ1v) is 19.2. The topological polar surface area (TPSA) is 8.17 Å². The molecule has 0 fully saturated rings. The normalized spacial score (nSPS) is 13.1. The quantitative estimate of drug-likeness (QED) is 0.162. The number of hydrogen-bond acceptors (Lipinski definition) is 1. The van der Waals surface area contributed by atoms with Gasteiger partial charge in [0.05, 0.1) is 16.7 Å². The Morgan fingerprint density at radius 1 is 0.400 bits per heavy atom. The fraction of sp³-hybridized carbons (Fsp3) is 0.0566. The molecule has 1 aromatic heterocycles. The summed E-state index contributed by atoms with van der Waals surface area (Å²) in [6.07, 6.45) is 0. The fourth-order valence-electron chi connectivity index (χ4n) is 9.44. The van der Waals surface area contributed by atoms with Crippen LogP contribution in [-0.2, 0) is 5.41 Å². The molecule has 1 aliphatic rings. The van der Waals surface area contributed by atoms with Gasteiger partial charge in [-0.05, 0) is 92.7 Å². The van der Waals surface area contributed by atoms with Gasteiger partial charge in [0.2, 0.25) is 0 Å². The van der Waals surface area contributed by atoms with Gasteiger partial charge in [0, 0.05) is 44.0 Å². The molecule has 55 heavy (non-hydrogen) atoms. The van der Waals surface area contributed by atoms with Crippen LogP contribution in [0.1, 0.15) is 25.0 Å². The smallest absolute Gasteiger partial charge is 0.0618 e. The number of aromatic nitrogens is 1. The van der Waals surface area contributed by atoms with Crippen LogP contribution in [0.3, 0.4) is 0 Å². The summed E-state index contributed by atoms with van der Waals surface area (Å²) in [5, 5.41) is 7.50. The lowest BCUT2D eigenvalue weighted by Gasteiger charge is -2.31. The van der Waals surface area contributed by atoms with Crippen molar-refractivity contribution in [3.63, 3.8) is 0 Å². The highest BCUT2D eigenvalue weighted by Crippen LogP contribution is 2.53. The minimum absolute atomic E-state index is 0.223. The van der Waals surface area contributed by atoms with Crippen molar-refractivity contribution < 1.29 is 0 Å². The molecule has 0 radical (unpaired) electrons.